The molecule has 1 amide bonds. The maximum atomic E-state index is 12.4. The molecule has 2 aliphatic rings. The maximum absolute atomic E-state index is 12.4. The molecule has 162 valence electrons. The summed E-state index contributed by atoms with van der Waals surface area (Å²) in [4.78, 5) is 14.7. The molecule has 0 spiro atoms. The Bertz CT molecular complexity index is 1010. The number of aromatic nitrogens is 3. The summed E-state index contributed by atoms with van der Waals surface area (Å²) in [6.45, 7) is 4.27. The molecular formula is C19H26N6O3S2. The first-order valence-electron chi connectivity index (χ1n) is 10.1. The molecule has 11 heteroatoms. The highest BCUT2D eigenvalue weighted by Crippen LogP contribution is 2.41. The Labute approximate surface area is 180 Å². The Morgan fingerprint density at radius 2 is 1.83 bits per heavy atom. The molecule has 1 aliphatic carbocycles. The average molecular weight is 451 g/mol. The number of hydrogen-bond acceptors (Lipinski definition) is 7. The average Bonchev–Trinajstić information content (AvgIpc) is 3.46. The van der Waals surface area contributed by atoms with E-state index in [-0.39, 0.29) is 16.6 Å². The van der Waals surface area contributed by atoms with Gasteiger partial charge >= 0.3 is 0 Å². The largest absolute Gasteiger partial charge is 0.341 e. The summed E-state index contributed by atoms with van der Waals surface area (Å²) in [5, 5.41) is 17.4. The first-order valence-corrected chi connectivity index (χ1v) is 12.6. The van der Waals surface area contributed by atoms with Gasteiger partial charge in [-0.05, 0) is 55.9 Å². The molecule has 30 heavy (non-hydrogen) atoms. The van der Waals surface area contributed by atoms with Crippen molar-refractivity contribution in [3.05, 3.63) is 24.3 Å². The number of carbonyl (C=O) groups is 1. The maximum Gasteiger partial charge on any atom is 0.238 e. The second-order valence-electron chi connectivity index (χ2n) is 7.96. The van der Waals surface area contributed by atoms with E-state index in [0.717, 1.165) is 55.8 Å². The van der Waals surface area contributed by atoms with E-state index in [9.17, 15) is 13.2 Å². The molecule has 0 radical (unpaired) electrons. The van der Waals surface area contributed by atoms with Crippen LogP contribution in [0.25, 0.3) is 0 Å². The molecule has 2 aromatic rings. The van der Waals surface area contributed by atoms with Gasteiger partial charge in [-0.3, -0.25) is 9.36 Å². The van der Waals surface area contributed by atoms with Gasteiger partial charge in [0.25, 0.3) is 0 Å². The predicted octanol–water partition coefficient (Wildman–Crippen LogP) is 2.23. The van der Waals surface area contributed by atoms with E-state index in [4.69, 9.17) is 5.14 Å². The van der Waals surface area contributed by atoms with E-state index in [2.05, 4.69) is 31.9 Å². The van der Waals surface area contributed by atoms with Crippen molar-refractivity contribution in [3.63, 3.8) is 0 Å². The van der Waals surface area contributed by atoms with E-state index in [1.807, 2.05) is 0 Å². The molecule has 1 aromatic heterocycles. The zero-order valence-electron chi connectivity index (χ0n) is 16.8. The molecule has 0 unspecified atom stereocenters. The van der Waals surface area contributed by atoms with E-state index < -0.39 is 10.0 Å². The zero-order chi connectivity index (χ0) is 21.3. The lowest BCUT2D eigenvalue weighted by Gasteiger charge is -2.31. The SMILES string of the molecule is CC1CCN(c2nnc(SCC(=O)Nc3ccc(S(N)(=O)=O)cc3)n2C2CC2)CC1. The highest BCUT2D eigenvalue weighted by Gasteiger charge is 2.32. The van der Waals surface area contributed by atoms with Crippen LogP contribution < -0.4 is 15.4 Å². The monoisotopic (exact) mass is 450 g/mol. The van der Waals surface area contributed by atoms with Crippen LogP contribution in [0.15, 0.2) is 34.3 Å². The number of nitrogens with two attached hydrogens (primary N) is 1. The highest BCUT2D eigenvalue weighted by atomic mass is 32.2. The summed E-state index contributed by atoms with van der Waals surface area (Å²) < 4.78 is 24.8. The first kappa shape index (κ1) is 21.1. The number of rotatable bonds is 7. The van der Waals surface area contributed by atoms with Crippen LogP contribution in [0, 0.1) is 5.92 Å². The van der Waals surface area contributed by atoms with Gasteiger partial charge < -0.3 is 10.2 Å². The third kappa shape index (κ3) is 4.96. The lowest BCUT2D eigenvalue weighted by atomic mass is 10.00. The predicted molar refractivity (Wildman–Crippen MR) is 116 cm³/mol. The minimum Gasteiger partial charge on any atom is -0.341 e. The second-order valence-corrected chi connectivity index (χ2v) is 10.5. The van der Waals surface area contributed by atoms with Crippen molar-refractivity contribution in [2.75, 3.05) is 29.1 Å². The van der Waals surface area contributed by atoms with Crippen molar-refractivity contribution in [1.29, 1.82) is 0 Å². The van der Waals surface area contributed by atoms with Crippen LogP contribution in [0.2, 0.25) is 0 Å². The van der Waals surface area contributed by atoms with Gasteiger partial charge in [-0.2, -0.15) is 0 Å². The van der Waals surface area contributed by atoms with Crippen LogP contribution >= 0.6 is 11.8 Å². The zero-order valence-corrected chi connectivity index (χ0v) is 18.5. The van der Waals surface area contributed by atoms with E-state index in [1.54, 1.807) is 0 Å². The number of nitrogens with one attached hydrogen (secondary N) is 1. The fourth-order valence-corrected chi connectivity index (χ4v) is 4.82. The van der Waals surface area contributed by atoms with Crippen molar-refractivity contribution in [2.24, 2.45) is 11.1 Å². The Balaban J connectivity index is 1.38. The molecular weight excluding hydrogens is 424 g/mol. The summed E-state index contributed by atoms with van der Waals surface area (Å²) in [6, 6.07) is 6.20. The summed E-state index contributed by atoms with van der Waals surface area (Å²) in [5.74, 6) is 1.67. The van der Waals surface area contributed by atoms with Crippen LogP contribution in [0.1, 0.15) is 38.6 Å². The lowest BCUT2D eigenvalue weighted by molar-refractivity contribution is -0.113. The molecule has 0 atom stereocenters. The van der Waals surface area contributed by atoms with Gasteiger partial charge in [0.05, 0.1) is 10.6 Å². The van der Waals surface area contributed by atoms with Crippen molar-refractivity contribution in [1.82, 2.24) is 14.8 Å². The van der Waals surface area contributed by atoms with Crippen molar-refractivity contribution in [3.8, 4) is 0 Å². The van der Waals surface area contributed by atoms with E-state index in [1.165, 1.54) is 36.0 Å². The van der Waals surface area contributed by atoms with Gasteiger partial charge in [0.15, 0.2) is 5.16 Å². The van der Waals surface area contributed by atoms with Crippen molar-refractivity contribution in [2.45, 2.75) is 48.7 Å². The molecule has 1 saturated carbocycles. The molecule has 1 aliphatic heterocycles. The number of amides is 1. The number of sulfonamides is 1. The summed E-state index contributed by atoms with van der Waals surface area (Å²) in [5.41, 5.74) is 0.514. The first-order chi connectivity index (χ1) is 14.3. The fourth-order valence-electron chi connectivity index (χ4n) is 3.50. The lowest BCUT2D eigenvalue weighted by Crippen LogP contribution is -2.34. The molecule has 2 fully saturated rings. The number of thioether (sulfide) groups is 1. The Kier molecular flexibility index (Phi) is 6.03. The van der Waals surface area contributed by atoms with E-state index >= 15 is 0 Å². The third-order valence-electron chi connectivity index (χ3n) is 5.42. The van der Waals surface area contributed by atoms with E-state index in [0.29, 0.717) is 11.7 Å². The van der Waals surface area contributed by atoms with Gasteiger partial charge in [0.2, 0.25) is 21.9 Å². The minimum absolute atomic E-state index is 0.00652. The topological polar surface area (TPSA) is 123 Å². The van der Waals surface area contributed by atoms with Crippen LogP contribution in [-0.2, 0) is 14.8 Å². The minimum atomic E-state index is -3.75. The second kappa shape index (κ2) is 8.56. The number of carbonyl (C=O) groups excluding carboxylic acids is 1. The number of nitrogens with zero attached hydrogens (tertiary/aromatic N) is 4. The number of benzene rings is 1. The van der Waals surface area contributed by atoms with Crippen LogP contribution in [-0.4, -0.2) is 47.9 Å². The van der Waals surface area contributed by atoms with Crippen molar-refractivity contribution >= 4 is 39.3 Å². The number of anilines is 2. The standard InChI is InChI=1S/C19H26N6O3S2/c1-13-8-10-24(11-9-13)18-22-23-19(25(18)15-4-5-15)29-12-17(26)21-14-2-6-16(7-3-14)30(20,27)28/h2-3,6-7,13,15H,4-5,8-12H2,1H3,(H,21,26)(H2,20,27,28). The fraction of sp³-hybridized carbons (Fsp3) is 0.526. The smallest absolute Gasteiger partial charge is 0.238 e. The molecule has 1 aromatic carbocycles. The summed E-state index contributed by atoms with van der Waals surface area (Å²) in [6.07, 6.45) is 4.55. The van der Waals surface area contributed by atoms with Gasteiger partial charge in [-0.25, -0.2) is 13.6 Å². The summed E-state index contributed by atoms with van der Waals surface area (Å²) >= 11 is 1.37. The van der Waals surface area contributed by atoms with Gasteiger partial charge in [-0.1, -0.05) is 18.7 Å². The quantitative estimate of drug-likeness (QED) is 0.620. The van der Waals surface area contributed by atoms with Crippen LogP contribution in [0.3, 0.4) is 0 Å². The molecule has 1 saturated heterocycles. The number of hydrogen-bond donors (Lipinski definition) is 2. The highest BCUT2D eigenvalue weighted by molar-refractivity contribution is 7.99. The van der Waals surface area contributed by atoms with Gasteiger partial charge in [-0.15, -0.1) is 10.2 Å². The Morgan fingerprint density at radius 1 is 1.17 bits per heavy atom. The van der Waals surface area contributed by atoms with Crippen LogP contribution in [0.4, 0.5) is 11.6 Å². The Hall–Kier alpha value is -2.11. The molecule has 2 heterocycles. The van der Waals surface area contributed by atoms with Gasteiger partial charge in [0.1, 0.15) is 0 Å². The van der Waals surface area contributed by atoms with Gasteiger partial charge in [0, 0.05) is 24.8 Å². The summed E-state index contributed by atoms with van der Waals surface area (Å²) in [7, 11) is -3.75. The number of piperidine rings is 1. The molecule has 9 nitrogen and oxygen atoms in total. The Morgan fingerprint density at radius 3 is 2.43 bits per heavy atom. The third-order valence-corrected chi connectivity index (χ3v) is 7.30. The normalized spacial score (nSPS) is 17.9. The molecule has 0 bridgehead atoms. The molecule has 3 N–H and O–H groups in total. The number of primary sulfonamides is 1. The van der Waals surface area contributed by atoms with Crippen molar-refractivity contribution < 1.29 is 13.2 Å². The molecule has 4 rings (SSSR count). The van der Waals surface area contributed by atoms with Crippen LogP contribution in [0.5, 0.6) is 0 Å².